The Kier molecular flexibility index (Phi) is 6.52. The van der Waals surface area contributed by atoms with Gasteiger partial charge in [0, 0.05) is 39.0 Å². The maximum atomic E-state index is 12.9. The number of carbonyl (C=O) groups excluding carboxylic acids is 3. The number of aryl methyl sites for hydroxylation is 2. The van der Waals surface area contributed by atoms with E-state index in [1.807, 2.05) is 54.7 Å². The molecule has 36 heavy (non-hydrogen) atoms. The summed E-state index contributed by atoms with van der Waals surface area (Å²) in [5.41, 5.74) is 4.93. The SMILES string of the molecule is Cc1ccc(C)c(Sc2ccc(NC(=O)CN3C(=O)N[C@@H](Cc4c[nH]c5ccccc45)C3=O)cc2)c1. The highest BCUT2D eigenvalue weighted by atomic mass is 32.2. The fourth-order valence-electron chi connectivity index (χ4n) is 4.28. The van der Waals surface area contributed by atoms with Crippen LogP contribution < -0.4 is 10.6 Å². The molecule has 1 atom stereocenters. The summed E-state index contributed by atoms with van der Waals surface area (Å²) in [5, 5.41) is 6.49. The molecule has 0 aliphatic carbocycles. The Morgan fingerprint density at radius 1 is 1.03 bits per heavy atom. The van der Waals surface area contributed by atoms with Crippen LogP contribution in [0.2, 0.25) is 0 Å². The molecule has 1 saturated heterocycles. The molecule has 0 unspecified atom stereocenters. The molecule has 1 fully saturated rings. The van der Waals surface area contributed by atoms with Crippen molar-refractivity contribution in [3.63, 3.8) is 0 Å². The molecular weight excluding hydrogens is 472 g/mol. The summed E-state index contributed by atoms with van der Waals surface area (Å²) >= 11 is 1.66. The number of rotatable bonds is 7. The van der Waals surface area contributed by atoms with Gasteiger partial charge in [0.2, 0.25) is 5.91 Å². The first-order valence-corrected chi connectivity index (χ1v) is 12.5. The van der Waals surface area contributed by atoms with E-state index >= 15 is 0 Å². The topological polar surface area (TPSA) is 94.3 Å². The van der Waals surface area contributed by atoms with Gasteiger partial charge in [-0.05, 0) is 66.9 Å². The van der Waals surface area contributed by atoms with E-state index in [1.165, 1.54) is 16.0 Å². The van der Waals surface area contributed by atoms with Crippen molar-refractivity contribution < 1.29 is 14.4 Å². The smallest absolute Gasteiger partial charge is 0.325 e. The van der Waals surface area contributed by atoms with E-state index in [0.29, 0.717) is 12.1 Å². The summed E-state index contributed by atoms with van der Waals surface area (Å²) in [6, 6.07) is 20.4. The van der Waals surface area contributed by atoms with Gasteiger partial charge < -0.3 is 15.6 Å². The average Bonchev–Trinajstić information content (AvgIpc) is 3.39. The Bertz CT molecular complexity index is 1460. The maximum Gasteiger partial charge on any atom is 0.325 e. The van der Waals surface area contributed by atoms with Crippen LogP contribution >= 0.6 is 11.8 Å². The van der Waals surface area contributed by atoms with Crippen LogP contribution in [0, 0.1) is 13.8 Å². The van der Waals surface area contributed by atoms with Crippen molar-refractivity contribution in [1.29, 1.82) is 0 Å². The predicted molar refractivity (Wildman–Crippen MR) is 141 cm³/mol. The van der Waals surface area contributed by atoms with Crippen LogP contribution in [0.5, 0.6) is 0 Å². The van der Waals surface area contributed by atoms with E-state index in [1.54, 1.807) is 11.8 Å². The Labute approximate surface area is 213 Å². The molecule has 3 N–H and O–H groups in total. The molecule has 1 aromatic heterocycles. The van der Waals surface area contributed by atoms with Gasteiger partial charge in [-0.2, -0.15) is 0 Å². The number of hydrogen-bond donors (Lipinski definition) is 3. The van der Waals surface area contributed by atoms with Crippen molar-refractivity contribution in [2.24, 2.45) is 0 Å². The van der Waals surface area contributed by atoms with E-state index in [9.17, 15) is 14.4 Å². The third-order valence-corrected chi connectivity index (χ3v) is 7.38. The van der Waals surface area contributed by atoms with Crippen LogP contribution in [0.1, 0.15) is 16.7 Å². The number of carbonyl (C=O) groups is 3. The van der Waals surface area contributed by atoms with Crippen molar-refractivity contribution in [3.8, 4) is 0 Å². The molecule has 2 heterocycles. The zero-order valence-electron chi connectivity index (χ0n) is 20.0. The van der Waals surface area contributed by atoms with Crippen molar-refractivity contribution >= 4 is 46.2 Å². The number of anilines is 1. The quantitative estimate of drug-likeness (QED) is 0.311. The van der Waals surface area contributed by atoms with Crippen molar-refractivity contribution in [3.05, 3.63) is 89.6 Å². The standard InChI is InChI=1S/C28H26N4O3S/c1-17-7-8-18(2)25(13-17)36-21-11-9-20(10-12-21)30-26(33)16-32-27(34)24(31-28(32)35)14-19-15-29-23-6-4-3-5-22(19)23/h3-13,15,24,29H,14,16H2,1-2H3,(H,30,33)(H,31,35)/t24-/m0/s1. The van der Waals surface area contributed by atoms with Crippen LogP contribution in [-0.4, -0.2) is 40.3 Å². The van der Waals surface area contributed by atoms with Gasteiger partial charge in [0.05, 0.1) is 0 Å². The number of H-pyrrole nitrogens is 1. The minimum Gasteiger partial charge on any atom is -0.361 e. The number of aromatic amines is 1. The van der Waals surface area contributed by atoms with Crippen molar-refractivity contribution in [1.82, 2.24) is 15.2 Å². The van der Waals surface area contributed by atoms with E-state index in [4.69, 9.17) is 0 Å². The van der Waals surface area contributed by atoms with Gasteiger partial charge in [-0.25, -0.2) is 4.79 Å². The molecule has 0 saturated carbocycles. The second-order valence-corrected chi connectivity index (χ2v) is 10.0. The molecule has 0 radical (unpaired) electrons. The molecule has 1 aliphatic rings. The van der Waals surface area contributed by atoms with Gasteiger partial charge in [0.25, 0.3) is 5.91 Å². The highest BCUT2D eigenvalue weighted by Crippen LogP contribution is 2.31. The van der Waals surface area contributed by atoms with E-state index < -0.39 is 23.9 Å². The molecule has 8 heteroatoms. The van der Waals surface area contributed by atoms with Crippen molar-refractivity contribution in [2.45, 2.75) is 36.1 Å². The number of benzene rings is 3. The molecule has 4 amide bonds. The second-order valence-electron chi connectivity index (χ2n) is 8.93. The average molecular weight is 499 g/mol. The Morgan fingerprint density at radius 2 is 1.81 bits per heavy atom. The third kappa shape index (κ3) is 4.99. The zero-order valence-corrected chi connectivity index (χ0v) is 20.8. The van der Waals surface area contributed by atoms with Crippen LogP contribution in [-0.2, 0) is 16.0 Å². The van der Waals surface area contributed by atoms with E-state index in [-0.39, 0.29) is 6.54 Å². The Balaban J connectivity index is 1.18. The number of fused-ring (bicyclic) bond motifs is 1. The fraction of sp³-hybridized carbons (Fsp3) is 0.179. The molecule has 4 aromatic rings. The monoisotopic (exact) mass is 498 g/mol. The normalized spacial score (nSPS) is 15.4. The maximum absolute atomic E-state index is 12.9. The zero-order chi connectivity index (χ0) is 25.2. The number of urea groups is 1. The summed E-state index contributed by atoms with van der Waals surface area (Å²) < 4.78 is 0. The van der Waals surface area contributed by atoms with Crippen LogP contribution in [0.4, 0.5) is 10.5 Å². The number of nitrogens with one attached hydrogen (secondary N) is 3. The van der Waals surface area contributed by atoms with Crippen LogP contribution in [0.15, 0.2) is 82.7 Å². The first-order valence-electron chi connectivity index (χ1n) is 11.7. The summed E-state index contributed by atoms with van der Waals surface area (Å²) in [7, 11) is 0. The molecule has 0 bridgehead atoms. The molecule has 7 nitrogen and oxygen atoms in total. The predicted octanol–water partition coefficient (Wildman–Crippen LogP) is 5.04. The number of para-hydroxylation sites is 1. The number of imide groups is 1. The van der Waals surface area contributed by atoms with Gasteiger partial charge in [-0.15, -0.1) is 0 Å². The van der Waals surface area contributed by atoms with Gasteiger partial charge in [0.15, 0.2) is 0 Å². The number of hydrogen-bond acceptors (Lipinski definition) is 4. The Morgan fingerprint density at radius 3 is 2.61 bits per heavy atom. The number of aromatic nitrogens is 1. The molecule has 0 spiro atoms. The minimum atomic E-state index is -0.703. The second kappa shape index (κ2) is 9.91. The van der Waals surface area contributed by atoms with Crippen LogP contribution in [0.3, 0.4) is 0 Å². The lowest BCUT2D eigenvalue weighted by Gasteiger charge is -2.13. The molecule has 182 valence electrons. The van der Waals surface area contributed by atoms with Gasteiger partial charge in [0.1, 0.15) is 12.6 Å². The largest absolute Gasteiger partial charge is 0.361 e. The first-order chi connectivity index (χ1) is 17.4. The lowest BCUT2D eigenvalue weighted by Crippen LogP contribution is -2.38. The molecule has 1 aliphatic heterocycles. The molecule has 5 rings (SSSR count). The first kappa shape index (κ1) is 23.7. The van der Waals surface area contributed by atoms with Gasteiger partial charge >= 0.3 is 6.03 Å². The Hall–Kier alpha value is -4.04. The summed E-state index contributed by atoms with van der Waals surface area (Å²) in [6.07, 6.45) is 2.20. The lowest BCUT2D eigenvalue weighted by molar-refractivity contribution is -0.130. The van der Waals surface area contributed by atoms with Gasteiger partial charge in [-0.3, -0.25) is 14.5 Å². The fourth-order valence-corrected chi connectivity index (χ4v) is 5.28. The lowest BCUT2D eigenvalue weighted by atomic mass is 10.1. The van der Waals surface area contributed by atoms with Gasteiger partial charge in [-0.1, -0.05) is 42.1 Å². The highest BCUT2D eigenvalue weighted by molar-refractivity contribution is 7.99. The van der Waals surface area contributed by atoms with E-state index in [0.717, 1.165) is 26.3 Å². The summed E-state index contributed by atoms with van der Waals surface area (Å²) in [4.78, 5) is 44.3. The highest BCUT2D eigenvalue weighted by Gasteiger charge is 2.39. The van der Waals surface area contributed by atoms with E-state index in [2.05, 4.69) is 47.7 Å². The summed E-state index contributed by atoms with van der Waals surface area (Å²) in [6.45, 7) is 3.81. The summed E-state index contributed by atoms with van der Waals surface area (Å²) in [5.74, 6) is -0.832. The molecule has 3 aromatic carbocycles. The number of nitrogens with zero attached hydrogens (tertiary/aromatic N) is 1. The molecular formula is C28H26N4O3S. The van der Waals surface area contributed by atoms with Crippen molar-refractivity contribution in [2.75, 3.05) is 11.9 Å². The third-order valence-electron chi connectivity index (χ3n) is 6.22. The minimum absolute atomic E-state index is 0.339. The number of amides is 4. The van der Waals surface area contributed by atoms with Crippen LogP contribution in [0.25, 0.3) is 10.9 Å².